The summed E-state index contributed by atoms with van der Waals surface area (Å²) in [7, 11) is 1.39. The molecule has 0 saturated carbocycles. The highest BCUT2D eigenvalue weighted by molar-refractivity contribution is 6.42. The van der Waals surface area contributed by atoms with E-state index in [2.05, 4.69) is 5.32 Å². The minimum absolute atomic E-state index is 0.0175. The van der Waals surface area contributed by atoms with Crippen LogP contribution in [-0.2, 0) is 21.9 Å². The van der Waals surface area contributed by atoms with Crippen LogP contribution in [0.3, 0.4) is 0 Å². The predicted molar refractivity (Wildman–Crippen MR) is 152 cm³/mol. The van der Waals surface area contributed by atoms with Crippen LogP contribution in [0.25, 0.3) is 0 Å². The normalized spacial score (nSPS) is 20.0. The molecule has 0 radical (unpaired) electrons. The summed E-state index contributed by atoms with van der Waals surface area (Å²) in [4.78, 5) is 43.1. The first-order valence-corrected chi connectivity index (χ1v) is 14.5. The van der Waals surface area contributed by atoms with E-state index in [1.54, 1.807) is 28.0 Å². The Kier molecular flexibility index (Phi) is 9.99. The fourth-order valence-corrected chi connectivity index (χ4v) is 6.07. The number of hydrogen-bond donors (Lipinski definition) is 1. The van der Waals surface area contributed by atoms with Crippen LogP contribution in [0.4, 0.5) is 36.8 Å². The largest absolute Gasteiger partial charge is 0.416 e. The average Bonchev–Trinajstić information content (AvgIpc) is 2.96. The average molecular weight is 667 g/mol. The first-order valence-electron chi connectivity index (χ1n) is 13.8. The third-order valence-corrected chi connectivity index (χ3v) is 8.95. The van der Waals surface area contributed by atoms with Crippen molar-refractivity contribution in [3.05, 3.63) is 63.1 Å². The number of urea groups is 1. The first kappa shape index (κ1) is 33.7. The molecule has 2 aromatic rings. The number of rotatable bonds is 4. The van der Waals surface area contributed by atoms with Crippen molar-refractivity contribution in [2.75, 3.05) is 38.5 Å². The zero-order valence-corrected chi connectivity index (χ0v) is 25.2. The van der Waals surface area contributed by atoms with E-state index >= 15 is 0 Å². The van der Waals surface area contributed by atoms with Gasteiger partial charge in [-0.15, -0.1) is 0 Å². The highest BCUT2D eigenvalue weighted by atomic mass is 35.5. The van der Waals surface area contributed by atoms with Gasteiger partial charge in [-0.3, -0.25) is 9.59 Å². The lowest BCUT2D eigenvalue weighted by molar-refractivity contribution is -0.143. The van der Waals surface area contributed by atoms with Crippen LogP contribution in [0.2, 0.25) is 10.0 Å². The maximum atomic E-state index is 13.5. The van der Waals surface area contributed by atoms with E-state index in [4.69, 9.17) is 23.2 Å². The van der Waals surface area contributed by atoms with Crippen LogP contribution >= 0.6 is 23.2 Å². The van der Waals surface area contributed by atoms with Gasteiger partial charge in [0.25, 0.3) is 0 Å². The van der Waals surface area contributed by atoms with Crippen LogP contribution < -0.4 is 5.32 Å². The molecule has 44 heavy (non-hydrogen) atoms. The van der Waals surface area contributed by atoms with E-state index in [0.29, 0.717) is 43.6 Å². The lowest BCUT2D eigenvalue weighted by atomic mass is 9.84. The molecule has 2 aliphatic heterocycles. The van der Waals surface area contributed by atoms with Crippen LogP contribution in [0, 0.1) is 5.92 Å². The molecule has 0 aliphatic carbocycles. The number of carbonyl (C=O) groups excluding carboxylic acids is 3. The standard InChI is InChI=1S/C29H30Cl2F6N4O3/c1-16(42)40-8-5-17(6-9-40)26(43)41-10-7-25(22(15-41)18-3-4-23(30)24(31)11-18)39(2)27(44)38-21-13-19(28(32,33)34)12-20(14-21)29(35,36)37/h3-4,11-14,17,22,25H,5-10,15H2,1-2H3,(H,38,44)/t22-,25+/m0/s1. The molecule has 1 N–H and O–H groups in total. The Labute approximate surface area is 260 Å². The minimum Gasteiger partial charge on any atom is -0.343 e. The summed E-state index contributed by atoms with van der Waals surface area (Å²) in [6.45, 7) is 2.84. The van der Waals surface area contributed by atoms with Crippen molar-refractivity contribution in [2.24, 2.45) is 5.92 Å². The van der Waals surface area contributed by atoms with Gasteiger partial charge >= 0.3 is 18.4 Å². The number of anilines is 1. The van der Waals surface area contributed by atoms with E-state index in [-0.39, 0.29) is 53.4 Å². The number of alkyl halides is 6. The summed E-state index contributed by atoms with van der Waals surface area (Å²) in [5.74, 6) is -0.950. The van der Waals surface area contributed by atoms with E-state index in [1.165, 1.54) is 18.9 Å². The molecule has 240 valence electrons. The predicted octanol–water partition coefficient (Wildman–Crippen LogP) is 7.14. The van der Waals surface area contributed by atoms with Crippen LogP contribution in [0.5, 0.6) is 0 Å². The molecule has 0 aromatic heterocycles. The van der Waals surface area contributed by atoms with Gasteiger partial charge in [0, 0.05) is 63.7 Å². The molecule has 2 fully saturated rings. The van der Waals surface area contributed by atoms with Gasteiger partial charge in [0.15, 0.2) is 0 Å². The van der Waals surface area contributed by atoms with Crippen molar-refractivity contribution in [3.63, 3.8) is 0 Å². The zero-order valence-electron chi connectivity index (χ0n) is 23.7. The molecule has 4 rings (SSSR count). The molecule has 0 spiro atoms. The van der Waals surface area contributed by atoms with Crippen LogP contribution in [0.15, 0.2) is 36.4 Å². The van der Waals surface area contributed by atoms with Gasteiger partial charge in [0.2, 0.25) is 11.8 Å². The number of benzene rings is 2. The van der Waals surface area contributed by atoms with Crippen molar-refractivity contribution >= 4 is 46.7 Å². The van der Waals surface area contributed by atoms with Gasteiger partial charge in [-0.1, -0.05) is 29.3 Å². The summed E-state index contributed by atoms with van der Waals surface area (Å²) < 4.78 is 80.1. The minimum atomic E-state index is -5.08. The highest BCUT2D eigenvalue weighted by Crippen LogP contribution is 2.39. The van der Waals surface area contributed by atoms with Crippen molar-refractivity contribution in [3.8, 4) is 0 Å². The van der Waals surface area contributed by atoms with Crippen molar-refractivity contribution in [1.82, 2.24) is 14.7 Å². The molecule has 2 saturated heterocycles. The van der Waals surface area contributed by atoms with Crippen molar-refractivity contribution in [1.29, 1.82) is 0 Å². The van der Waals surface area contributed by atoms with Gasteiger partial charge in [-0.2, -0.15) is 26.3 Å². The number of nitrogens with one attached hydrogen (secondary N) is 1. The topological polar surface area (TPSA) is 73.0 Å². The van der Waals surface area contributed by atoms with E-state index in [9.17, 15) is 40.7 Å². The maximum Gasteiger partial charge on any atom is 0.416 e. The second-order valence-electron chi connectivity index (χ2n) is 11.0. The maximum absolute atomic E-state index is 13.5. The Morgan fingerprint density at radius 3 is 1.93 bits per heavy atom. The lowest BCUT2D eigenvalue weighted by Crippen LogP contribution is -2.54. The zero-order chi connectivity index (χ0) is 32.6. The second-order valence-corrected chi connectivity index (χ2v) is 11.9. The van der Waals surface area contributed by atoms with Gasteiger partial charge in [0.1, 0.15) is 0 Å². The quantitative estimate of drug-likeness (QED) is 0.353. The third kappa shape index (κ3) is 7.71. The third-order valence-electron chi connectivity index (χ3n) is 8.21. The molecule has 4 amide bonds. The molecule has 2 heterocycles. The Hall–Kier alpha value is -3.19. The van der Waals surface area contributed by atoms with E-state index in [1.807, 2.05) is 0 Å². The lowest BCUT2D eigenvalue weighted by Gasteiger charge is -2.44. The highest BCUT2D eigenvalue weighted by Gasteiger charge is 2.40. The smallest absolute Gasteiger partial charge is 0.343 e. The Bertz CT molecular complexity index is 1380. The molecule has 7 nitrogen and oxygen atoms in total. The molecule has 0 unspecified atom stereocenters. The summed E-state index contributed by atoms with van der Waals surface area (Å²) >= 11 is 12.4. The number of amides is 4. The van der Waals surface area contributed by atoms with E-state index in [0.717, 1.165) is 0 Å². The second kappa shape index (κ2) is 13.0. The number of carbonyl (C=O) groups is 3. The summed E-state index contributed by atoms with van der Waals surface area (Å²) in [5, 5.41) is 2.70. The first-order chi connectivity index (χ1) is 20.5. The Balaban J connectivity index is 1.57. The molecule has 2 aliphatic rings. The summed E-state index contributed by atoms with van der Waals surface area (Å²) in [5.41, 5.74) is -3.13. The number of halogens is 8. The number of likely N-dealkylation sites (tertiary alicyclic amines) is 2. The molecule has 0 bridgehead atoms. The van der Waals surface area contributed by atoms with Crippen LogP contribution in [0.1, 0.15) is 48.8 Å². The van der Waals surface area contributed by atoms with Crippen LogP contribution in [-0.4, -0.2) is 71.8 Å². The Morgan fingerprint density at radius 2 is 1.41 bits per heavy atom. The van der Waals surface area contributed by atoms with Crippen molar-refractivity contribution < 1.29 is 40.7 Å². The monoisotopic (exact) mass is 666 g/mol. The van der Waals surface area contributed by atoms with Crippen molar-refractivity contribution in [2.45, 2.75) is 50.5 Å². The fraction of sp³-hybridized carbons (Fsp3) is 0.483. The Morgan fingerprint density at radius 1 is 0.841 bits per heavy atom. The van der Waals surface area contributed by atoms with Gasteiger partial charge < -0.3 is 20.0 Å². The molecule has 15 heteroatoms. The molecular formula is C29H30Cl2F6N4O3. The molecule has 2 aromatic carbocycles. The number of piperidine rings is 2. The number of hydrogen-bond acceptors (Lipinski definition) is 3. The summed E-state index contributed by atoms with van der Waals surface area (Å²) in [6.07, 6.45) is -8.87. The summed E-state index contributed by atoms with van der Waals surface area (Å²) in [6, 6.07) is 4.19. The number of likely N-dealkylation sites (N-methyl/N-ethyl adjacent to an activating group) is 1. The number of nitrogens with zero attached hydrogens (tertiary/aromatic N) is 3. The molecular weight excluding hydrogens is 637 g/mol. The fourth-order valence-electron chi connectivity index (χ4n) is 5.76. The van der Waals surface area contributed by atoms with E-state index < -0.39 is 47.2 Å². The molecule has 2 atom stereocenters. The van der Waals surface area contributed by atoms with Gasteiger partial charge in [-0.05, 0) is 55.2 Å². The van der Waals surface area contributed by atoms with Gasteiger partial charge in [0.05, 0.1) is 21.2 Å². The SMILES string of the molecule is CC(=O)N1CCC(C(=O)N2CC[C@@H](N(C)C(=O)Nc3cc(C(F)(F)F)cc(C(F)(F)F)c3)[C@H](c3ccc(Cl)c(Cl)c3)C2)CC1. The van der Waals surface area contributed by atoms with Gasteiger partial charge in [-0.25, -0.2) is 4.79 Å².